The number of rotatable bonds is 15. The van der Waals surface area contributed by atoms with Crippen molar-refractivity contribution in [1.82, 2.24) is 29.7 Å². The Balaban J connectivity index is 1.97. The number of amides is 1. The van der Waals surface area contributed by atoms with Crippen molar-refractivity contribution in [2.24, 2.45) is 13.0 Å². The van der Waals surface area contributed by atoms with Crippen LogP contribution in [0.25, 0.3) is 0 Å². The number of sulfonamides is 1. The predicted molar refractivity (Wildman–Crippen MR) is 136 cm³/mol. The number of hydrogen-bond acceptors (Lipinski definition) is 7. The van der Waals surface area contributed by atoms with Crippen LogP contribution in [0.5, 0.6) is 0 Å². The molecule has 0 aliphatic carbocycles. The van der Waals surface area contributed by atoms with E-state index in [0.717, 1.165) is 25.2 Å². The summed E-state index contributed by atoms with van der Waals surface area (Å²) in [4.78, 5) is 18.8. The summed E-state index contributed by atoms with van der Waals surface area (Å²) in [6.45, 7) is 11.0. The first-order chi connectivity index (χ1) is 16.6. The molecule has 10 nitrogen and oxygen atoms in total. The van der Waals surface area contributed by atoms with Crippen LogP contribution in [0.4, 0.5) is 4.79 Å². The fourth-order valence-corrected chi connectivity index (χ4v) is 4.90. The third-order valence-corrected chi connectivity index (χ3v) is 7.07. The molecule has 0 aliphatic rings. The first kappa shape index (κ1) is 28.7. The number of ether oxygens (including phenoxy) is 1. The van der Waals surface area contributed by atoms with E-state index in [1.165, 1.54) is 0 Å². The number of carbonyl (C=O) groups excluding carboxylic acids is 1. The van der Waals surface area contributed by atoms with Crippen molar-refractivity contribution in [3.63, 3.8) is 0 Å². The first-order valence-electron chi connectivity index (χ1n) is 12.2. The van der Waals surface area contributed by atoms with Gasteiger partial charge in [-0.15, -0.1) is 0 Å². The summed E-state index contributed by atoms with van der Waals surface area (Å²) in [5.74, 6) is 1.18. The molecular weight excluding hydrogens is 468 g/mol. The van der Waals surface area contributed by atoms with Gasteiger partial charge in [0, 0.05) is 7.05 Å². The molecule has 1 aromatic heterocycles. The van der Waals surface area contributed by atoms with Gasteiger partial charge in [0.25, 0.3) is 0 Å². The lowest BCUT2D eigenvalue weighted by Crippen LogP contribution is -2.34. The molecule has 0 spiro atoms. The van der Waals surface area contributed by atoms with E-state index in [0.29, 0.717) is 24.5 Å². The van der Waals surface area contributed by atoms with E-state index in [1.807, 2.05) is 44.2 Å². The molecule has 0 unspecified atom stereocenters. The number of aryl methyl sites for hydroxylation is 1. The lowest BCUT2D eigenvalue weighted by molar-refractivity contribution is 0.138. The van der Waals surface area contributed by atoms with E-state index in [2.05, 4.69) is 38.9 Å². The molecule has 0 saturated heterocycles. The summed E-state index contributed by atoms with van der Waals surface area (Å²) in [7, 11) is -1.79. The van der Waals surface area contributed by atoms with Gasteiger partial charge in [-0.3, -0.25) is 4.68 Å². The average molecular weight is 509 g/mol. The lowest BCUT2D eigenvalue weighted by atomic mass is 10.0. The topological polar surface area (TPSA) is 118 Å². The molecule has 0 fully saturated rings. The monoisotopic (exact) mass is 508 g/mol. The van der Waals surface area contributed by atoms with Crippen LogP contribution < -0.4 is 10.0 Å². The van der Waals surface area contributed by atoms with Crippen LogP contribution >= 0.6 is 0 Å². The van der Waals surface area contributed by atoms with Crippen molar-refractivity contribution < 1.29 is 17.9 Å². The minimum atomic E-state index is -3.51. The number of nitrogens with zero attached hydrogens (tertiary/aromatic N) is 4. The van der Waals surface area contributed by atoms with Crippen LogP contribution in [0.1, 0.15) is 63.8 Å². The molecule has 2 rings (SSSR count). The predicted octanol–water partition coefficient (Wildman–Crippen LogP) is 2.98. The average Bonchev–Trinajstić information content (AvgIpc) is 3.19. The summed E-state index contributed by atoms with van der Waals surface area (Å²) >= 11 is 0. The second-order valence-corrected chi connectivity index (χ2v) is 10.8. The van der Waals surface area contributed by atoms with Crippen molar-refractivity contribution in [3.05, 3.63) is 47.5 Å². The fourth-order valence-electron chi connectivity index (χ4n) is 3.64. The smallest absolute Gasteiger partial charge is 0.407 e. The molecule has 1 heterocycles. The van der Waals surface area contributed by atoms with E-state index in [-0.39, 0.29) is 24.8 Å². The van der Waals surface area contributed by atoms with Gasteiger partial charge in [0.15, 0.2) is 5.82 Å². The number of carbonyl (C=O) groups is 1. The highest BCUT2D eigenvalue weighted by Gasteiger charge is 2.25. The summed E-state index contributed by atoms with van der Waals surface area (Å²) in [5, 5.41) is 7.11. The van der Waals surface area contributed by atoms with Gasteiger partial charge in [-0.25, -0.2) is 22.9 Å². The summed E-state index contributed by atoms with van der Waals surface area (Å²) in [6.07, 6.45) is 0.554. The SMILES string of the molecule is CCN(CC)CCCS(=O)(=O)N[C@H](CC(C)C)c1nc(CNC(=O)OCc2ccccc2)n(C)n1. The van der Waals surface area contributed by atoms with Gasteiger partial charge in [-0.1, -0.05) is 58.0 Å². The van der Waals surface area contributed by atoms with Crippen LogP contribution in [-0.2, 0) is 35.0 Å². The Labute approximate surface area is 209 Å². The van der Waals surface area contributed by atoms with Crippen molar-refractivity contribution in [2.75, 3.05) is 25.4 Å². The highest BCUT2D eigenvalue weighted by atomic mass is 32.2. The Hall–Kier alpha value is -2.50. The molecule has 2 aromatic rings. The van der Waals surface area contributed by atoms with Gasteiger partial charge in [0.2, 0.25) is 10.0 Å². The third-order valence-electron chi connectivity index (χ3n) is 5.60. The van der Waals surface area contributed by atoms with Crippen LogP contribution in [0.15, 0.2) is 30.3 Å². The summed E-state index contributed by atoms with van der Waals surface area (Å²) < 4.78 is 35.1. The van der Waals surface area contributed by atoms with Gasteiger partial charge in [-0.05, 0) is 44.0 Å². The maximum Gasteiger partial charge on any atom is 0.407 e. The molecule has 11 heteroatoms. The van der Waals surface area contributed by atoms with Crippen LogP contribution in [0, 0.1) is 5.92 Å². The molecule has 0 radical (unpaired) electrons. The number of nitrogens with one attached hydrogen (secondary N) is 2. The quantitative estimate of drug-likeness (QED) is 0.380. The van der Waals surface area contributed by atoms with Crippen LogP contribution in [0.2, 0.25) is 0 Å². The number of alkyl carbamates (subject to hydrolysis) is 1. The normalized spacial score (nSPS) is 12.8. The van der Waals surface area contributed by atoms with Crippen molar-refractivity contribution >= 4 is 16.1 Å². The lowest BCUT2D eigenvalue weighted by Gasteiger charge is -2.20. The zero-order valence-corrected chi connectivity index (χ0v) is 22.3. The minimum Gasteiger partial charge on any atom is -0.445 e. The maximum atomic E-state index is 12.8. The largest absolute Gasteiger partial charge is 0.445 e. The second kappa shape index (κ2) is 14.2. The first-order valence-corrected chi connectivity index (χ1v) is 13.8. The Morgan fingerprint density at radius 1 is 1.17 bits per heavy atom. The molecular formula is C24H40N6O4S. The minimum absolute atomic E-state index is 0.0482. The second-order valence-electron chi connectivity index (χ2n) is 8.92. The molecule has 0 bridgehead atoms. The molecule has 2 N–H and O–H groups in total. The van der Waals surface area contributed by atoms with Gasteiger partial charge < -0.3 is 15.0 Å². The Morgan fingerprint density at radius 2 is 1.86 bits per heavy atom. The van der Waals surface area contributed by atoms with Gasteiger partial charge in [-0.2, -0.15) is 5.10 Å². The number of aromatic nitrogens is 3. The van der Waals surface area contributed by atoms with E-state index in [9.17, 15) is 13.2 Å². The zero-order chi connectivity index (χ0) is 25.8. The van der Waals surface area contributed by atoms with E-state index in [1.54, 1.807) is 11.7 Å². The van der Waals surface area contributed by atoms with Crippen molar-refractivity contribution in [1.29, 1.82) is 0 Å². The highest BCUT2D eigenvalue weighted by Crippen LogP contribution is 2.20. The number of hydrogen-bond donors (Lipinski definition) is 2. The summed E-state index contributed by atoms with van der Waals surface area (Å²) in [5.41, 5.74) is 0.893. The molecule has 0 saturated carbocycles. The third kappa shape index (κ3) is 10.3. The standard InChI is InChI=1S/C24H40N6O4S/c1-6-30(7-2)14-11-15-35(32,33)28-21(16-19(3)4)23-26-22(29(5)27-23)17-25-24(31)34-18-20-12-9-8-10-13-20/h8-10,12-13,19,21,28H,6-7,11,14-18H2,1-5H3,(H,25,31)/t21-/m1/s1. The van der Waals surface area contributed by atoms with Gasteiger partial charge in [0.1, 0.15) is 12.4 Å². The molecule has 1 aromatic carbocycles. The number of benzene rings is 1. The molecule has 0 aliphatic heterocycles. The Kier molecular flexibility index (Phi) is 11.6. The van der Waals surface area contributed by atoms with Crippen molar-refractivity contribution in [3.8, 4) is 0 Å². The highest BCUT2D eigenvalue weighted by molar-refractivity contribution is 7.89. The molecule has 1 amide bonds. The van der Waals surface area contributed by atoms with E-state index in [4.69, 9.17) is 4.74 Å². The zero-order valence-electron chi connectivity index (χ0n) is 21.5. The van der Waals surface area contributed by atoms with Gasteiger partial charge >= 0.3 is 6.09 Å². The molecule has 196 valence electrons. The van der Waals surface area contributed by atoms with Gasteiger partial charge in [0.05, 0.1) is 18.3 Å². The van der Waals surface area contributed by atoms with E-state index >= 15 is 0 Å². The van der Waals surface area contributed by atoms with Crippen LogP contribution in [0.3, 0.4) is 0 Å². The maximum absolute atomic E-state index is 12.8. The Morgan fingerprint density at radius 3 is 2.49 bits per heavy atom. The summed E-state index contributed by atoms with van der Waals surface area (Å²) in [6, 6.07) is 8.87. The van der Waals surface area contributed by atoms with Crippen LogP contribution in [-0.4, -0.2) is 59.6 Å². The fraction of sp³-hybridized carbons (Fsp3) is 0.625. The Bertz CT molecular complexity index is 1010. The molecule has 35 heavy (non-hydrogen) atoms. The van der Waals surface area contributed by atoms with E-state index < -0.39 is 22.2 Å². The molecule has 1 atom stereocenters. The van der Waals surface area contributed by atoms with Crippen molar-refractivity contribution in [2.45, 2.75) is 59.7 Å².